The number of ether oxygens (including phenoxy) is 4. The highest BCUT2D eigenvalue weighted by atomic mass is 79.9. The first-order valence-corrected chi connectivity index (χ1v) is 13.6. The van der Waals surface area contributed by atoms with E-state index in [1.54, 1.807) is 0 Å². The summed E-state index contributed by atoms with van der Waals surface area (Å²) in [4.78, 5) is 23.9. The van der Waals surface area contributed by atoms with Gasteiger partial charge in [-0.05, 0) is 31.9 Å². The lowest BCUT2D eigenvalue weighted by Gasteiger charge is -2.17. The number of rotatable bonds is 4. The van der Waals surface area contributed by atoms with Crippen LogP contribution in [-0.4, -0.2) is 45.0 Å². The van der Waals surface area contributed by atoms with E-state index in [0.29, 0.717) is 42.0 Å². The number of halogens is 2. The van der Waals surface area contributed by atoms with Crippen LogP contribution in [-0.2, 0) is 0 Å². The van der Waals surface area contributed by atoms with Gasteiger partial charge in [-0.1, -0.05) is 0 Å². The molecular weight excluding hydrogens is 656 g/mol. The lowest BCUT2D eigenvalue weighted by molar-refractivity contribution is -0.421. The summed E-state index contributed by atoms with van der Waals surface area (Å²) in [7, 11) is 0. The first-order chi connectivity index (χ1) is 16.9. The van der Waals surface area contributed by atoms with Gasteiger partial charge in [-0.3, -0.25) is 20.2 Å². The number of nitro benzene ring substituents is 2. The van der Waals surface area contributed by atoms with E-state index >= 15 is 0 Å². The fourth-order valence-electron chi connectivity index (χ4n) is 3.92. The Hall–Kier alpha value is -2.60. The van der Waals surface area contributed by atoms with Crippen LogP contribution in [0.25, 0.3) is 31.9 Å². The van der Waals surface area contributed by atoms with Gasteiger partial charge in [-0.25, -0.2) is 0 Å². The Labute approximate surface area is 223 Å². The van der Waals surface area contributed by atoms with E-state index in [1.807, 2.05) is 0 Å². The van der Waals surface area contributed by atoms with E-state index in [-0.39, 0.29) is 46.9 Å². The Morgan fingerprint density at radius 1 is 0.686 bits per heavy atom. The quantitative estimate of drug-likeness (QED) is 0.187. The number of thiophene rings is 2. The predicted molar refractivity (Wildman–Crippen MR) is 135 cm³/mol. The number of benzene rings is 1. The van der Waals surface area contributed by atoms with Gasteiger partial charge in [0.25, 0.3) is 0 Å². The molecule has 0 saturated carbocycles. The number of nitrogens with zero attached hydrogens (tertiary/aromatic N) is 4. The molecule has 2 aliphatic rings. The van der Waals surface area contributed by atoms with Gasteiger partial charge in [0.15, 0.2) is 23.0 Å². The summed E-state index contributed by atoms with van der Waals surface area (Å²) < 4.78 is 32.6. The van der Waals surface area contributed by atoms with Crippen LogP contribution in [0.3, 0.4) is 0 Å². The monoisotopic (exact) mass is 662 g/mol. The van der Waals surface area contributed by atoms with Crippen molar-refractivity contribution in [3.05, 3.63) is 27.8 Å². The zero-order chi connectivity index (χ0) is 24.4. The molecule has 0 spiro atoms. The minimum Gasteiger partial charge on any atom is -0.485 e. The van der Waals surface area contributed by atoms with Crippen molar-refractivity contribution in [3.63, 3.8) is 0 Å². The average Bonchev–Trinajstić information content (AvgIpc) is 3.54. The Kier molecular flexibility index (Phi) is 5.55. The summed E-state index contributed by atoms with van der Waals surface area (Å²) in [5, 5.41) is 24.9. The summed E-state index contributed by atoms with van der Waals surface area (Å²) in [6.45, 7) is 1.05. The van der Waals surface area contributed by atoms with Gasteiger partial charge >= 0.3 is 11.4 Å². The summed E-state index contributed by atoms with van der Waals surface area (Å²) in [6, 6.07) is 0. The molecule has 5 heterocycles. The average molecular weight is 664 g/mol. The number of nitro groups is 2. The molecule has 0 N–H and O–H groups in total. The lowest BCUT2D eigenvalue weighted by atomic mass is 9.99. The van der Waals surface area contributed by atoms with Crippen LogP contribution in [0.15, 0.2) is 7.57 Å². The second-order valence-electron chi connectivity index (χ2n) is 7.04. The number of hydrogen-bond acceptors (Lipinski definition) is 13. The fourth-order valence-corrected chi connectivity index (χ4v) is 7.97. The van der Waals surface area contributed by atoms with Crippen molar-refractivity contribution in [2.45, 2.75) is 0 Å². The molecule has 0 amide bonds. The van der Waals surface area contributed by atoms with Crippen molar-refractivity contribution in [2.75, 3.05) is 26.4 Å². The second-order valence-corrected chi connectivity index (χ2v) is 12.2. The summed E-state index contributed by atoms with van der Waals surface area (Å²) in [6.07, 6.45) is 0. The molecule has 180 valence electrons. The molecule has 0 radical (unpaired) electrons. The van der Waals surface area contributed by atoms with Crippen LogP contribution in [0, 0.1) is 20.2 Å². The zero-order valence-electron chi connectivity index (χ0n) is 16.9. The highest BCUT2D eigenvalue weighted by Crippen LogP contribution is 2.61. The summed E-state index contributed by atoms with van der Waals surface area (Å²) in [5.41, 5.74) is -1.25. The first kappa shape index (κ1) is 22.8. The van der Waals surface area contributed by atoms with E-state index in [1.165, 1.54) is 0 Å². The Balaban J connectivity index is 1.76. The smallest absolute Gasteiger partial charge is 0.357 e. The molecule has 2 aliphatic heterocycles. The Bertz CT molecular complexity index is 1450. The van der Waals surface area contributed by atoms with Crippen LogP contribution < -0.4 is 18.9 Å². The van der Waals surface area contributed by atoms with E-state index < -0.39 is 21.2 Å². The topological polar surface area (TPSA) is 149 Å². The largest absolute Gasteiger partial charge is 0.485 e. The highest BCUT2D eigenvalue weighted by Gasteiger charge is 2.43. The molecule has 6 rings (SSSR count). The van der Waals surface area contributed by atoms with Gasteiger partial charge in [0.05, 0.1) is 31.3 Å². The van der Waals surface area contributed by atoms with Crippen LogP contribution in [0.5, 0.6) is 23.0 Å². The van der Waals surface area contributed by atoms with Crippen molar-refractivity contribution >= 4 is 88.7 Å². The van der Waals surface area contributed by atoms with Crippen LogP contribution in [0.4, 0.5) is 11.4 Å². The third kappa shape index (κ3) is 3.40. The Morgan fingerprint density at radius 2 is 1.06 bits per heavy atom. The molecule has 1 aromatic carbocycles. The summed E-state index contributed by atoms with van der Waals surface area (Å²) in [5.74, 6) is 1.30. The zero-order valence-corrected chi connectivity index (χ0v) is 22.5. The molecule has 3 aromatic heterocycles. The molecule has 0 atom stereocenters. The minimum absolute atomic E-state index is 0.0479. The first-order valence-electron chi connectivity index (χ1n) is 9.66. The number of fused-ring (bicyclic) bond motifs is 3. The Morgan fingerprint density at radius 3 is 1.43 bits per heavy atom. The van der Waals surface area contributed by atoms with E-state index in [2.05, 4.69) is 40.6 Å². The van der Waals surface area contributed by atoms with E-state index in [9.17, 15) is 20.2 Å². The van der Waals surface area contributed by atoms with E-state index in [0.717, 1.165) is 34.4 Å². The minimum atomic E-state index is -0.772. The predicted octanol–water partition coefficient (Wildman–Crippen LogP) is 6.03. The molecule has 12 nitrogen and oxygen atoms in total. The molecule has 17 heteroatoms. The third-order valence-electron chi connectivity index (χ3n) is 5.20. The lowest BCUT2D eigenvalue weighted by Crippen LogP contribution is -2.15. The fraction of sp³-hybridized carbons (Fsp3) is 0.222. The van der Waals surface area contributed by atoms with Crippen molar-refractivity contribution in [1.29, 1.82) is 0 Å². The summed E-state index contributed by atoms with van der Waals surface area (Å²) >= 11 is 9.82. The SMILES string of the molecule is O=[N+]([O-])c1c([N+](=O)[O-])c(-c2sc(Br)c3c2OCCO3)c2nsnc2c1-c1sc(Br)c2c1OCCO2. The second kappa shape index (κ2) is 8.51. The van der Waals surface area contributed by atoms with Gasteiger partial charge in [0.2, 0.25) is 0 Å². The standard InChI is InChI=1S/C18H8Br2N4O8S3/c19-17-13-11(29-1-3-31-13)15(33-17)5-7-8(22-35-21-7)6(10(24(27)28)9(5)23(25)26)16-12-14(18(20)34-16)32-4-2-30-12/h1-4H2. The number of hydrogen-bond donors (Lipinski definition) is 0. The van der Waals surface area contributed by atoms with Gasteiger partial charge < -0.3 is 18.9 Å². The molecule has 4 aromatic rings. The van der Waals surface area contributed by atoms with E-state index in [4.69, 9.17) is 18.9 Å². The van der Waals surface area contributed by atoms with Crippen LogP contribution in [0.2, 0.25) is 0 Å². The van der Waals surface area contributed by atoms with Crippen LogP contribution >= 0.6 is 66.3 Å². The molecule has 0 fully saturated rings. The van der Waals surface area contributed by atoms with Gasteiger partial charge in [-0.2, -0.15) is 8.75 Å². The maximum atomic E-state index is 12.5. The maximum Gasteiger partial charge on any atom is 0.357 e. The molecule has 0 unspecified atom stereocenters. The molecule has 35 heavy (non-hydrogen) atoms. The van der Waals surface area contributed by atoms with Crippen molar-refractivity contribution < 1.29 is 28.8 Å². The van der Waals surface area contributed by atoms with Gasteiger partial charge in [0, 0.05) is 0 Å². The van der Waals surface area contributed by atoms with Gasteiger partial charge in [0.1, 0.15) is 56.2 Å². The molecule has 0 saturated heterocycles. The van der Waals surface area contributed by atoms with Crippen molar-refractivity contribution in [3.8, 4) is 43.9 Å². The third-order valence-corrected chi connectivity index (χ3v) is 9.33. The highest BCUT2D eigenvalue weighted by molar-refractivity contribution is 9.11. The van der Waals surface area contributed by atoms with Crippen molar-refractivity contribution in [1.82, 2.24) is 8.75 Å². The van der Waals surface area contributed by atoms with Crippen LogP contribution in [0.1, 0.15) is 0 Å². The molecular formula is C18H8Br2N4O8S3. The molecule has 0 bridgehead atoms. The normalized spacial score (nSPS) is 14.3. The maximum absolute atomic E-state index is 12.5. The number of aromatic nitrogens is 2. The van der Waals surface area contributed by atoms with Gasteiger partial charge in [-0.15, -0.1) is 22.7 Å². The molecule has 0 aliphatic carbocycles. The van der Waals surface area contributed by atoms with Crippen molar-refractivity contribution in [2.24, 2.45) is 0 Å².